The Morgan fingerprint density at radius 1 is 1.25 bits per heavy atom. The lowest BCUT2D eigenvalue weighted by Gasteiger charge is -2.39. The molecule has 2 aliphatic heterocycles. The Morgan fingerprint density at radius 2 is 2.07 bits per heavy atom. The molecule has 0 aliphatic carbocycles. The largest absolute Gasteiger partial charge is 0.373 e. The molecule has 1 unspecified atom stereocenters. The topological polar surface area (TPSA) is 52.4 Å². The summed E-state index contributed by atoms with van der Waals surface area (Å²) in [7, 11) is 2.19. The van der Waals surface area contributed by atoms with Crippen LogP contribution in [0.4, 0.5) is 0 Å². The third kappa shape index (κ3) is 4.41. The average molecular weight is 377 g/mol. The fourth-order valence-corrected chi connectivity index (χ4v) is 4.48. The van der Waals surface area contributed by atoms with E-state index in [1.54, 1.807) is 0 Å². The van der Waals surface area contributed by atoms with E-state index in [-0.39, 0.29) is 5.60 Å². The fourth-order valence-electron chi connectivity index (χ4n) is 4.48. The van der Waals surface area contributed by atoms with Gasteiger partial charge in [0.25, 0.3) is 0 Å². The third-order valence-electron chi connectivity index (χ3n) is 6.20. The Labute approximate surface area is 167 Å². The SMILES string of the molecule is CN(Cc1cccnc1)C1COC2(CCN(Cc3cccc(C#N)c3)CC2)C1. The lowest BCUT2D eigenvalue weighted by Crippen LogP contribution is -2.44. The van der Waals surface area contributed by atoms with Gasteiger partial charge < -0.3 is 4.74 Å². The smallest absolute Gasteiger partial charge is 0.0991 e. The molecule has 5 heteroatoms. The van der Waals surface area contributed by atoms with Crippen LogP contribution in [0, 0.1) is 11.3 Å². The minimum Gasteiger partial charge on any atom is -0.373 e. The van der Waals surface area contributed by atoms with Gasteiger partial charge in [0.05, 0.1) is 23.8 Å². The van der Waals surface area contributed by atoms with Gasteiger partial charge in [-0.1, -0.05) is 18.2 Å². The van der Waals surface area contributed by atoms with Crippen molar-refractivity contribution in [1.82, 2.24) is 14.8 Å². The first-order valence-corrected chi connectivity index (χ1v) is 10.1. The molecule has 1 aromatic heterocycles. The van der Waals surface area contributed by atoms with Gasteiger partial charge in [-0.3, -0.25) is 14.8 Å². The standard InChI is InChI=1S/C23H28N4O/c1-26(16-21-6-3-9-25-15-21)22-13-23(28-18-22)7-10-27(11-8-23)17-20-5-2-4-19(12-20)14-24/h2-6,9,12,15,22H,7-8,10-11,13,16-18H2,1H3. The van der Waals surface area contributed by atoms with E-state index in [2.05, 4.69) is 40.0 Å². The fraction of sp³-hybridized carbons (Fsp3) is 0.478. The Morgan fingerprint density at radius 3 is 2.82 bits per heavy atom. The molecule has 2 fully saturated rings. The Kier molecular flexibility index (Phi) is 5.72. The second-order valence-electron chi connectivity index (χ2n) is 8.22. The van der Waals surface area contributed by atoms with Crippen LogP contribution in [0.25, 0.3) is 0 Å². The maximum Gasteiger partial charge on any atom is 0.0991 e. The summed E-state index contributed by atoms with van der Waals surface area (Å²) in [4.78, 5) is 9.11. The van der Waals surface area contributed by atoms with Crippen molar-refractivity contribution in [3.05, 3.63) is 65.5 Å². The summed E-state index contributed by atoms with van der Waals surface area (Å²) >= 11 is 0. The summed E-state index contributed by atoms with van der Waals surface area (Å²) in [6.07, 6.45) is 7.05. The highest BCUT2D eigenvalue weighted by molar-refractivity contribution is 5.32. The number of likely N-dealkylation sites (tertiary alicyclic amines) is 1. The first-order valence-electron chi connectivity index (χ1n) is 10.1. The highest BCUT2D eigenvalue weighted by Crippen LogP contribution is 2.38. The van der Waals surface area contributed by atoms with E-state index in [1.165, 1.54) is 11.1 Å². The second-order valence-corrected chi connectivity index (χ2v) is 8.22. The molecule has 2 aromatic rings. The lowest BCUT2D eigenvalue weighted by atomic mass is 9.87. The second kappa shape index (κ2) is 8.40. The van der Waals surface area contributed by atoms with Crippen LogP contribution in [0.3, 0.4) is 0 Å². The maximum absolute atomic E-state index is 9.08. The molecule has 2 aliphatic rings. The number of nitrogens with zero attached hydrogens (tertiary/aromatic N) is 4. The van der Waals surface area contributed by atoms with Gasteiger partial charge in [0.1, 0.15) is 0 Å². The van der Waals surface area contributed by atoms with E-state index in [0.29, 0.717) is 6.04 Å². The Balaban J connectivity index is 1.29. The quantitative estimate of drug-likeness (QED) is 0.802. The first-order chi connectivity index (χ1) is 13.7. The van der Waals surface area contributed by atoms with Crippen LogP contribution in [0.5, 0.6) is 0 Å². The van der Waals surface area contributed by atoms with E-state index in [4.69, 9.17) is 10.00 Å². The monoisotopic (exact) mass is 376 g/mol. The molecule has 5 nitrogen and oxygen atoms in total. The van der Waals surface area contributed by atoms with Crippen molar-refractivity contribution in [3.63, 3.8) is 0 Å². The predicted octanol–water partition coefficient (Wildman–Crippen LogP) is 3.21. The summed E-state index contributed by atoms with van der Waals surface area (Å²) in [5.41, 5.74) is 3.25. The number of rotatable bonds is 5. The number of likely N-dealkylation sites (N-methyl/N-ethyl adjacent to an activating group) is 1. The number of aromatic nitrogens is 1. The van der Waals surface area contributed by atoms with Crippen molar-refractivity contribution in [2.45, 2.75) is 44.0 Å². The maximum atomic E-state index is 9.08. The van der Waals surface area contributed by atoms with Crippen LogP contribution in [-0.4, -0.2) is 53.2 Å². The molecule has 1 aromatic carbocycles. The molecule has 0 saturated carbocycles. The minimum absolute atomic E-state index is 0.0405. The van der Waals surface area contributed by atoms with Crippen LogP contribution in [0.1, 0.15) is 36.0 Å². The molecule has 2 saturated heterocycles. The van der Waals surface area contributed by atoms with Gasteiger partial charge >= 0.3 is 0 Å². The molecule has 28 heavy (non-hydrogen) atoms. The van der Waals surface area contributed by atoms with E-state index in [9.17, 15) is 0 Å². The number of hydrogen-bond donors (Lipinski definition) is 0. The predicted molar refractivity (Wildman–Crippen MR) is 108 cm³/mol. The van der Waals surface area contributed by atoms with Crippen LogP contribution in [-0.2, 0) is 17.8 Å². The van der Waals surface area contributed by atoms with Gasteiger partial charge in [0.2, 0.25) is 0 Å². The Hall–Kier alpha value is -2.26. The normalized spacial score (nSPS) is 21.8. The van der Waals surface area contributed by atoms with E-state index in [1.807, 2.05) is 36.7 Å². The van der Waals surface area contributed by atoms with Crippen LogP contribution < -0.4 is 0 Å². The van der Waals surface area contributed by atoms with Crippen molar-refractivity contribution in [3.8, 4) is 6.07 Å². The van der Waals surface area contributed by atoms with Crippen LogP contribution >= 0.6 is 0 Å². The molecule has 1 atom stereocenters. The minimum atomic E-state index is 0.0405. The van der Waals surface area contributed by atoms with Gasteiger partial charge in [-0.25, -0.2) is 0 Å². The molecule has 0 bridgehead atoms. The summed E-state index contributed by atoms with van der Waals surface area (Å²) in [5, 5.41) is 9.08. The average Bonchev–Trinajstić information content (AvgIpc) is 3.15. The van der Waals surface area contributed by atoms with E-state index < -0.39 is 0 Å². The molecule has 0 amide bonds. The highest BCUT2D eigenvalue weighted by Gasteiger charge is 2.43. The number of piperidine rings is 1. The molecular weight excluding hydrogens is 348 g/mol. The van der Waals surface area contributed by atoms with Gasteiger partial charge in [-0.15, -0.1) is 0 Å². The first kappa shape index (κ1) is 19.1. The summed E-state index contributed by atoms with van der Waals surface area (Å²) < 4.78 is 6.36. The van der Waals surface area contributed by atoms with Crippen molar-refractivity contribution >= 4 is 0 Å². The number of benzene rings is 1. The van der Waals surface area contributed by atoms with Gasteiger partial charge in [0.15, 0.2) is 0 Å². The highest BCUT2D eigenvalue weighted by atomic mass is 16.5. The molecular formula is C23H28N4O. The molecule has 1 spiro atoms. The summed E-state index contributed by atoms with van der Waals surface area (Å²) in [6.45, 7) is 4.75. The van der Waals surface area contributed by atoms with Gasteiger partial charge in [-0.2, -0.15) is 5.26 Å². The molecule has 146 valence electrons. The zero-order valence-electron chi connectivity index (χ0n) is 16.6. The zero-order chi connectivity index (χ0) is 19.4. The van der Waals surface area contributed by atoms with Crippen molar-refractivity contribution in [2.75, 3.05) is 26.7 Å². The van der Waals surface area contributed by atoms with Crippen molar-refractivity contribution in [1.29, 1.82) is 5.26 Å². The zero-order valence-corrected chi connectivity index (χ0v) is 16.6. The number of ether oxygens (including phenoxy) is 1. The van der Waals surface area contributed by atoms with E-state index >= 15 is 0 Å². The molecule has 0 radical (unpaired) electrons. The van der Waals surface area contributed by atoms with Gasteiger partial charge in [0, 0.05) is 44.6 Å². The summed E-state index contributed by atoms with van der Waals surface area (Å²) in [5.74, 6) is 0. The van der Waals surface area contributed by atoms with Crippen molar-refractivity contribution in [2.24, 2.45) is 0 Å². The van der Waals surface area contributed by atoms with Crippen LogP contribution in [0.2, 0.25) is 0 Å². The van der Waals surface area contributed by atoms with Gasteiger partial charge in [-0.05, 0) is 55.6 Å². The number of nitriles is 1. The lowest BCUT2D eigenvalue weighted by molar-refractivity contribution is -0.0452. The third-order valence-corrected chi connectivity index (χ3v) is 6.20. The van der Waals surface area contributed by atoms with Crippen molar-refractivity contribution < 1.29 is 4.74 Å². The molecule has 0 N–H and O–H groups in total. The van der Waals surface area contributed by atoms with Crippen LogP contribution in [0.15, 0.2) is 48.8 Å². The molecule has 3 heterocycles. The Bertz CT molecular complexity index is 824. The van der Waals surface area contributed by atoms with E-state index in [0.717, 1.165) is 57.6 Å². The number of hydrogen-bond acceptors (Lipinski definition) is 5. The number of pyridine rings is 1. The summed E-state index contributed by atoms with van der Waals surface area (Å²) in [6, 6.07) is 14.8. The molecule has 4 rings (SSSR count).